The van der Waals surface area contributed by atoms with Crippen molar-refractivity contribution in [3.8, 4) is 0 Å². The lowest BCUT2D eigenvalue weighted by Gasteiger charge is -2.25. The molecule has 1 fully saturated rings. The lowest BCUT2D eigenvalue weighted by atomic mass is 10.3. The van der Waals surface area contributed by atoms with Crippen LogP contribution >= 0.6 is 0 Å². The Labute approximate surface area is 105 Å². The van der Waals surface area contributed by atoms with Crippen LogP contribution in [-0.2, 0) is 18.8 Å². The smallest absolute Gasteiger partial charge is 0.330 e. The summed E-state index contributed by atoms with van der Waals surface area (Å²) in [5.74, 6) is 0. The molecule has 1 aromatic heterocycles. The van der Waals surface area contributed by atoms with Crippen LogP contribution in [0.2, 0.25) is 0 Å². The second kappa shape index (κ2) is 5.22. The molecule has 0 N–H and O–H groups in total. The minimum atomic E-state index is -0.316. The van der Waals surface area contributed by atoms with Gasteiger partial charge in [-0.15, -0.1) is 0 Å². The molecule has 18 heavy (non-hydrogen) atoms. The summed E-state index contributed by atoms with van der Waals surface area (Å²) in [6.45, 7) is 3.07. The van der Waals surface area contributed by atoms with Gasteiger partial charge < -0.3 is 9.64 Å². The van der Waals surface area contributed by atoms with Gasteiger partial charge in [0.25, 0.3) is 5.56 Å². The summed E-state index contributed by atoms with van der Waals surface area (Å²) in [6, 6.07) is 1.46. The van der Waals surface area contributed by atoms with Crippen LogP contribution in [0, 0.1) is 0 Å². The van der Waals surface area contributed by atoms with Crippen LogP contribution < -0.4 is 11.2 Å². The van der Waals surface area contributed by atoms with Gasteiger partial charge in [-0.05, 0) is 6.08 Å². The number of nitrogens with zero attached hydrogens (tertiary/aromatic N) is 3. The zero-order valence-corrected chi connectivity index (χ0v) is 10.6. The van der Waals surface area contributed by atoms with Crippen molar-refractivity contribution in [1.29, 1.82) is 0 Å². The lowest BCUT2D eigenvalue weighted by molar-refractivity contribution is 0.0597. The highest BCUT2D eigenvalue weighted by Gasteiger charge is 2.06. The van der Waals surface area contributed by atoms with Crippen LogP contribution in [0.5, 0.6) is 0 Å². The van der Waals surface area contributed by atoms with Gasteiger partial charge in [0, 0.05) is 39.5 Å². The normalized spacial score (nSPS) is 16.4. The first kappa shape index (κ1) is 12.6. The summed E-state index contributed by atoms with van der Waals surface area (Å²) >= 11 is 0. The molecular weight excluding hydrogens is 234 g/mol. The Balaban J connectivity index is 2.26. The second-order valence-corrected chi connectivity index (χ2v) is 4.27. The molecule has 0 atom stereocenters. The van der Waals surface area contributed by atoms with Gasteiger partial charge in [-0.1, -0.05) is 0 Å². The van der Waals surface area contributed by atoms with E-state index in [4.69, 9.17) is 4.74 Å². The number of rotatable bonds is 2. The molecule has 0 aliphatic carbocycles. The number of hydrogen-bond donors (Lipinski definition) is 0. The van der Waals surface area contributed by atoms with E-state index in [1.165, 1.54) is 17.7 Å². The predicted molar refractivity (Wildman–Crippen MR) is 68.4 cm³/mol. The van der Waals surface area contributed by atoms with Crippen molar-refractivity contribution in [2.24, 2.45) is 14.1 Å². The minimum Gasteiger partial charge on any atom is -0.378 e. The third-order valence-electron chi connectivity index (χ3n) is 3.06. The zero-order valence-electron chi connectivity index (χ0n) is 10.6. The number of morpholine rings is 1. The molecule has 1 aliphatic rings. The molecule has 0 bridgehead atoms. The van der Waals surface area contributed by atoms with E-state index in [9.17, 15) is 9.59 Å². The molecule has 98 valence electrons. The molecular formula is C12H17N3O3. The Kier molecular flexibility index (Phi) is 3.66. The summed E-state index contributed by atoms with van der Waals surface area (Å²) in [5, 5.41) is 0. The lowest BCUT2D eigenvalue weighted by Crippen LogP contribution is -2.37. The summed E-state index contributed by atoms with van der Waals surface area (Å²) in [7, 11) is 3.13. The van der Waals surface area contributed by atoms with E-state index in [0.717, 1.165) is 17.7 Å². The number of aromatic nitrogens is 2. The molecule has 0 spiro atoms. The Bertz CT molecular complexity index is 565. The summed E-state index contributed by atoms with van der Waals surface area (Å²) in [4.78, 5) is 25.4. The van der Waals surface area contributed by atoms with E-state index in [2.05, 4.69) is 4.90 Å². The third kappa shape index (κ3) is 2.53. The maximum absolute atomic E-state index is 11.7. The highest BCUT2D eigenvalue weighted by molar-refractivity contribution is 5.43. The summed E-state index contributed by atoms with van der Waals surface area (Å²) in [6.07, 6.45) is 3.69. The van der Waals surface area contributed by atoms with Crippen LogP contribution in [0.1, 0.15) is 5.69 Å². The zero-order chi connectivity index (χ0) is 13.1. The SMILES string of the molecule is Cn1c(C=CN2CCOCC2)cc(=O)n(C)c1=O. The average molecular weight is 251 g/mol. The van der Waals surface area contributed by atoms with Gasteiger partial charge in [0.05, 0.1) is 18.9 Å². The Morgan fingerprint density at radius 3 is 2.50 bits per heavy atom. The van der Waals surface area contributed by atoms with Crippen LogP contribution in [0.3, 0.4) is 0 Å². The van der Waals surface area contributed by atoms with Crippen molar-refractivity contribution >= 4 is 6.08 Å². The molecule has 1 aromatic rings. The fourth-order valence-electron chi connectivity index (χ4n) is 1.82. The number of ether oxygens (including phenoxy) is 1. The standard InChI is InChI=1S/C12H17N3O3/c1-13-10(9-11(16)14(2)12(13)17)3-4-15-5-7-18-8-6-15/h3-4,9H,5-8H2,1-2H3. The topological polar surface area (TPSA) is 56.5 Å². The number of hydrogen-bond acceptors (Lipinski definition) is 4. The average Bonchev–Trinajstić information content (AvgIpc) is 2.40. The van der Waals surface area contributed by atoms with Gasteiger partial charge >= 0.3 is 5.69 Å². The summed E-state index contributed by atoms with van der Waals surface area (Å²) in [5.41, 5.74) is -0.00144. The molecule has 0 amide bonds. The highest BCUT2D eigenvalue weighted by atomic mass is 16.5. The Morgan fingerprint density at radius 2 is 1.83 bits per heavy atom. The first-order valence-corrected chi connectivity index (χ1v) is 5.86. The molecule has 0 radical (unpaired) electrons. The van der Waals surface area contributed by atoms with E-state index < -0.39 is 0 Å². The maximum atomic E-state index is 11.7. The van der Waals surface area contributed by atoms with Crippen LogP contribution in [0.25, 0.3) is 6.08 Å². The van der Waals surface area contributed by atoms with Crippen molar-refractivity contribution in [2.45, 2.75) is 0 Å². The van der Waals surface area contributed by atoms with Gasteiger partial charge in [0.15, 0.2) is 0 Å². The van der Waals surface area contributed by atoms with Gasteiger partial charge in [0.2, 0.25) is 0 Å². The second-order valence-electron chi connectivity index (χ2n) is 4.27. The van der Waals surface area contributed by atoms with E-state index >= 15 is 0 Å². The van der Waals surface area contributed by atoms with Gasteiger partial charge in [-0.2, -0.15) is 0 Å². The van der Waals surface area contributed by atoms with Crippen LogP contribution in [0.15, 0.2) is 21.9 Å². The summed E-state index contributed by atoms with van der Waals surface area (Å²) < 4.78 is 7.79. The quantitative estimate of drug-likeness (QED) is 0.703. The highest BCUT2D eigenvalue weighted by Crippen LogP contribution is 2.01. The molecule has 6 nitrogen and oxygen atoms in total. The molecule has 1 aliphatic heterocycles. The largest absolute Gasteiger partial charge is 0.378 e. The molecule has 0 saturated carbocycles. The molecule has 1 saturated heterocycles. The Morgan fingerprint density at radius 1 is 1.17 bits per heavy atom. The van der Waals surface area contributed by atoms with Gasteiger partial charge in [-0.3, -0.25) is 13.9 Å². The first-order chi connectivity index (χ1) is 8.59. The maximum Gasteiger partial charge on any atom is 0.330 e. The van der Waals surface area contributed by atoms with E-state index in [1.807, 2.05) is 6.20 Å². The first-order valence-electron chi connectivity index (χ1n) is 5.86. The third-order valence-corrected chi connectivity index (χ3v) is 3.06. The molecule has 6 heteroatoms. The van der Waals surface area contributed by atoms with Gasteiger partial charge in [0.1, 0.15) is 0 Å². The fourth-order valence-corrected chi connectivity index (χ4v) is 1.82. The van der Waals surface area contributed by atoms with E-state index in [1.54, 1.807) is 13.1 Å². The molecule has 0 unspecified atom stereocenters. The molecule has 2 heterocycles. The van der Waals surface area contributed by atoms with Crippen molar-refractivity contribution in [1.82, 2.24) is 14.0 Å². The fraction of sp³-hybridized carbons (Fsp3) is 0.500. The van der Waals surface area contributed by atoms with E-state index in [-0.39, 0.29) is 11.2 Å². The molecule has 2 rings (SSSR count). The molecule has 0 aromatic carbocycles. The minimum absolute atomic E-state index is 0.292. The van der Waals surface area contributed by atoms with Gasteiger partial charge in [-0.25, -0.2) is 4.79 Å². The van der Waals surface area contributed by atoms with E-state index in [0.29, 0.717) is 18.9 Å². The van der Waals surface area contributed by atoms with Crippen LogP contribution in [-0.4, -0.2) is 40.3 Å². The predicted octanol–water partition coefficient (Wildman–Crippen LogP) is -0.613. The van der Waals surface area contributed by atoms with Crippen molar-refractivity contribution in [3.63, 3.8) is 0 Å². The van der Waals surface area contributed by atoms with Crippen LogP contribution in [0.4, 0.5) is 0 Å². The Hall–Kier alpha value is -1.82. The monoisotopic (exact) mass is 251 g/mol. The van der Waals surface area contributed by atoms with Crippen molar-refractivity contribution in [3.05, 3.63) is 38.8 Å². The van der Waals surface area contributed by atoms with Crippen molar-refractivity contribution in [2.75, 3.05) is 26.3 Å². The van der Waals surface area contributed by atoms with Crippen molar-refractivity contribution < 1.29 is 4.74 Å².